The van der Waals surface area contributed by atoms with Crippen molar-refractivity contribution in [2.75, 3.05) is 0 Å². The molecule has 6 rings (SSSR count). The number of hydrogen-bond acceptors (Lipinski definition) is 2. The van der Waals surface area contributed by atoms with Gasteiger partial charge in [-0.1, -0.05) is 26.7 Å². The van der Waals surface area contributed by atoms with Crippen molar-refractivity contribution >= 4 is 10.9 Å². The maximum Gasteiger partial charge on any atom is 0.169 e. The molecule has 0 N–H and O–H groups in total. The van der Waals surface area contributed by atoms with Gasteiger partial charge in [-0.2, -0.15) is 0 Å². The minimum atomic E-state index is -0.847. The zero-order valence-corrected chi connectivity index (χ0v) is 21.0. The van der Waals surface area contributed by atoms with Crippen molar-refractivity contribution in [2.24, 2.45) is 40.4 Å². The number of aryl methyl sites for hydroxylation is 1. The molecule has 34 heavy (non-hydrogen) atoms. The summed E-state index contributed by atoms with van der Waals surface area (Å²) in [7, 11) is 0. The molecule has 1 aromatic carbocycles. The number of benzene rings is 1. The maximum atomic E-state index is 14.0. The number of hydrogen-bond donors (Lipinski definition) is 0. The SMILES string of the molecule is CC12CCCCC1CCC1C2CCC2(C)C(CCCc3ncc4c(F)c(F)ccc4n3)CCC12. The van der Waals surface area contributed by atoms with Crippen molar-refractivity contribution in [1.82, 2.24) is 9.97 Å². The summed E-state index contributed by atoms with van der Waals surface area (Å²) in [5, 5.41) is 0.174. The average Bonchev–Trinajstić information content (AvgIpc) is 3.17. The first-order valence-corrected chi connectivity index (χ1v) is 14.0. The lowest BCUT2D eigenvalue weighted by atomic mass is 9.45. The molecule has 0 aliphatic heterocycles. The van der Waals surface area contributed by atoms with Gasteiger partial charge in [0.15, 0.2) is 11.6 Å². The third-order valence-corrected chi connectivity index (χ3v) is 11.4. The van der Waals surface area contributed by atoms with Crippen molar-refractivity contribution in [3.05, 3.63) is 35.8 Å². The molecule has 2 nitrogen and oxygen atoms in total. The van der Waals surface area contributed by atoms with Crippen molar-refractivity contribution in [3.8, 4) is 0 Å². The zero-order chi connectivity index (χ0) is 23.5. The van der Waals surface area contributed by atoms with E-state index in [0.29, 0.717) is 16.3 Å². The predicted molar refractivity (Wildman–Crippen MR) is 132 cm³/mol. The number of fused-ring (bicyclic) bond motifs is 6. The molecule has 2 aromatic rings. The van der Waals surface area contributed by atoms with E-state index in [1.165, 1.54) is 76.8 Å². The predicted octanol–water partition coefficient (Wildman–Crippen LogP) is 8.28. The molecular formula is C30H40F2N2. The van der Waals surface area contributed by atoms with Gasteiger partial charge in [0.1, 0.15) is 5.82 Å². The quantitative estimate of drug-likeness (QED) is 0.453. The summed E-state index contributed by atoms with van der Waals surface area (Å²) < 4.78 is 27.4. The van der Waals surface area contributed by atoms with Crippen LogP contribution in [0, 0.1) is 52.1 Å². The number of rotatable bonds is 4. The molecule has 0 spiro atoms. The molecule has 0 radical (unpaired) electrons. The van der Waals surface area contributed by atoms with Crippen LogP contribution in [0.3, 0.4) is 0 Å². The second kappa shape index (κ2) is 8.52. The van der Waals surface area contributed by atoms with E-state index < -0.39 is 11.6 Å². The van der Waals surface area contributed by atoms with Crippen LogP contribution in [-0.2, 0) is 6.42 Å². The van der Waals surface area contributed by atoms with E-state index in [0.717, 1.165) is 54.3 Å². The molecule has 4 aliphatic rings. The Morgan fingerprint density at radius 3 is 2.65 bits per heavy atom. The van der Waals surface area contributed by atoms with Gasteiger partial charge in [-0.15, -0.1) is 0 Å². The second-order valence-corrected chi connectivity index (χ2v) is 12.7. The molecule has 0 amide bonds. The van der Waals surface area contributed by atoms with Gasteiger partial charge in [-0.3, -0.25) is 0 Å². The highest BCUT2D eigenvalue weighted by molar-refractivity contribution is 5.78. The zero-order valence-electron chi connectivity index (χ0n) is 21.0. The van der Waals surface area contributed by atoms with Crippen LogP contribution in [0.25, 0.3) is 10.9 Å². The highest BCUT2D eigenvalue weighted by Gasteiger charge is 2.59. The third kappa shape index (κ3) is 3.53. The Kier molecular flexibility index (Phi) is 5.73. The highest BCUT2D eigenvalue weighted by atomic mass is 19.2. The van der Waals surface area contributed by atoms with Crippen molar-refractivity contribution < 1.29 is 8.78 Å². The summed E-state index contributed by atoms with van der Waals surface area (Å²) in [4.78, 5) is 8.88. The average molecular weight is 467 g/mol. The van der Waals surface area contributed by atoms with Gasteiger partial charge < -0.3 is 0 Å². The molecule has 1 heterocycles. The van der Waals surface area contributed by atoms with Gasteiger partial charge in [0.05, 0.1) is 10.9 Å². The lowest BCUT2D eigenvalue weighted by Crippen LogP contribution is -2.52. The minimum Gasteiger partial charge on any atom is -0.241 e. The van der Waals surface area contributed by atoms with Gasteiger partial charge >= 0.3 is 0 Å². The maximum absolute atomic E-state index is 14.0. The van der Waals surface area contributed by atoms with Crippen LogP contribution in [0.4, 0.5) is 8.78 Å². The summed E-state index contributed by atoms with van der Waals surface area (Å²) in [6.45, 7) is 5.30. The van der Waals surface area contributed by atoms with Crippen LogP contribution in [-0.4, -0.2) is 9.97 Å². The molecule has 4 saturated carbocycles. The molecule has 7 unspecified atom stereocenters. The van der Waals surface area contributed by atoms with E-state index in [1.54, 1.807) is 6.07 Å². The Bertz CT molecular complexity index is 1070. The summed E-state index contributed by atoms with van der Waals surface area (Å²) in [6.07, 6.45) is 19.1. The van der Waals surface area contributed by atoms with E-state index in [1.807, 2.05) is 0 Å². The first-order chi connectivity index (χ1) is 16.4. The first-order valence-electron chi connectivity index (χ1n) is 14.0. The molecule has 4 heteroatoms. The normalized spacial score (nSPS) is 39.5. The summed E-state index contributed by atoms with van der Waals surface area (Å²) in [6, 6.07) is 2.72. The van der Waals surface area contributed by atoms with Gasteiger partial charge in [0, 0.05) is 12.6 Å². The number of aromatic nitrogens is 2. The fourth-order valence-corrected chi connectivity index (χ4v) is 9.59. The molecular weight excluding hydrogens is 426 g/mol. The topological polar surface area (TPSA) is 25.8 Å². The standard InChI is InChI=1S/C30H40F2N2/c1-29-16-4-3-6-19(29)9-11-21-23-12-10-20(30(23,2)17-15-24(21)29)7-5-8-27-33-18-22-26(34-27)14-13-25(31)28(22)32/h13-14,18-21,23-24H,3-12,15-17H2,1-2H3. The summed E-state index contributed by atoms with van der Waals surface area (Å²) in [5.41, 5.74) is 1.63. The van der Waals surface area contributed by atoms with Crippen molar-refractivity contribution in [2.45, 2.75) is 97.3 Å². The second-order valence-electron chi connectivity index (χ2n) is 12.7. The summed E-state index contributed by atoms with van der Waals surface area (Å²) in [5.74, 6) is 3.73. The van der Waals surface area contributed by atoms with Gasteiger partial charge in [-0.25, -0.2) is 18.7 Å². The lowest BCUT2D eigenvalue weighted by Gasteiger charge is -2.60. The van der Waals surface area contributed by atoms with Crippen LogP contribution in [0.5, 0.6) is 0 Å². The molecule has 184 valence electrons. The van der Waals surface area contributed by atoms with E-state index in [-0.39, 0.29) is 5.39 Å². The molecule has 7 atom stereocenters. The van der Waals surface area contributed by atoms with E-state index in [9.17, 15) is 8.78 Å². The Morgan fingerprint density at radius 1 is 0.912 bits per heavy atom. The van der Waals surface area contributed by atoms with Crippen molar-refractivity contribution in [1.29, 1.82) is 0 Å². The molecule has 4 aliphatic carbocycles. The van der Waals surface area contributed by atoms with Crippen molar-refractivity contribution in [3.63, 3.8) is 0 Å². The van der Waals surface area contributed by atoms with Crippen LogP contribution < -0.4 is 0 Å². The van der Waals surface area contributed by atoms with E-state index in [4.69, 9.17) is 0 Å². The largest absolute Gasteiger partial charge is 0.241 e. The molecule has 0 saturated heterocycles. The molecule has 0 bridgehead atoms. The molecule has 4 fully saturated rings. The smallest absolute Gasteiger partial charge is 0.169 e. The third-order valence-electron chi connectivity index (χ3n) is 11.4. The van der Waals surface area contributed by atoms with Crippen LogP contribution in [0.1, 0.15) is 96.7 Å². The summed E-state index contributed by atoms with van der Waals surface area (Å²) >= 11 is 0. The van der Waals surface area contributed by atoms with E-state index >= 15 is 0 Å². The van der Waals surface area contributed by atoms with Gasteiger partial charge in [0.25, 0.3) is 0 Å². The van der Waals surface area contributed by atoms with Crippen LogP contribution >= 0.6 is 0 Å². The lowest BCUT2D eigenvalue weighted by molar-refractivity contribution is -0.111. The van der Waals surface area contributed by atoms with Crippen LogP contribution in [0.15, 0.2) is 18.3 Å². The van der Waals surface area contributed by atoms with Crippen LogP contribution in [0.2, 0.25) is 0 Å². The minimum absolute atomic E-state index is 0.174. The fourth-order valence-electron chi connectivity index (χ4n) is 9.59. The fraction of sp³-hybridized carbons (Fsp3) is 0.733. The Hall–Kier alpha value is -1.58. The number of halogens is 2. The highest BCUT2D eigenvalue weighted by Crippen LogP contribution is 2.67. The molecule has 1 aromatic heterocycles. The number of nitrogens with zero attached hydrogens (tertiary/aromatic N) is 2. The van der Waals surface area contributed by atoms with Gasteiger partial charge in [-0.05, 0) is 117 Å². The monoisotopic (exact) mass is 466 g/mol. The Labute approximate surface area is 203 Å². The Morgan fingerprint density at radius 2 is 1.76 bits per heavy atom. The first kappa shape index (κ1) is 22.9. The van der Waals surface area contributed by atoms with Gasteiger partial charge in [0.2, 0.25) is 0 Å². The van der Waals surface area contributed by atoms with E-state index in [2.05, 4.69) is 23.8 Å². The Balaban J connectivity index is 1.12.